The van der Waals surface area contributed by atoms with Gasteiger partial charge in [-0.05, 0) is 44.0 Å². The lowest BCUT2D eigenvalue weighted by Crippen LogP contribution is -2.47. The molecule has 2 aromatic rings. The standard InChI is InChI=1S/C19H24N4O2S/c1-13-8-16(14(2)21-13)10-23(12-17-11-22(3)5-6-25-17)19(24)18-15(9-20)4-7-26-18/h4,7-8,17,21H,5-6,10-12H2,1-3H3/t17-/m0/s1. The lowest BCUT2D eigenvalue weighted by atomic mass is 10.1. The van der Waals surface area contributed by atoms with Crippen LogP contribution in [0.5, 0.6) is 0 Å². The van der Waals surface area contributed by atoms with E-state index in [0.29, 0.717) is 30.1 Å². The molecular weight excluding hydrogens is 348 g/mol. The molecule has 3 heterocycles. The third-order valence-corrected chi connectivity index (χ3v) is 5.55. The fraction of sp³-hybridized carbons (Fsp3) is 0.474. The molecule has 1 aliphatic rings. The lowest BCUT2D eigenvalue weighted by Gasteiger charge is -2.34. The molecule has 0 aliphatic carbocycles. The zero-order valence-corrected chi connectivity index (χ0v) is 16.2. The van der Waals surface area contributed by atoms with Crippen molar-refractivity contribution in [1.29, 1.82) is 5.26 Å². The highest BCUT2D eigenvalue weighted by atomic mass is 32.1. The Bertz CT molecular complexity index is 820. The molecule has 26 heavy (non-hydrogen) atoms. The molecule has 1 N–H and O–H groups in total. The number of nitrogens with zero attached hydrogens (tertiary/aromatic N) is 3. The van der Waals surface area contributed by atoms with Crippen molar-refractivity contribution < 1.29 is 9.53 Å². The van der Waals surface area contributed by atoms with Gasteiger partial charge in [0.15, 0.2) is 0 Å². The normalized spacial score (nSPS) is 17.8. The summed E-state index contributed by atoms with van der Waals surface area (Å²) < 4.78 is 5.87. The third-order valence-electron chi connectivity index (χ3n) is 4.65. The second kappa shape index (κ2) is 8.04. The number of carbonyl (C=O) groups excluding carboxylic acids is 1. The number of nitrogens with one attached hydrogen (secondary N) is 1. The highest BCUT2D eigenvalue weighted by Crippen LogP contribution is 2.22. The zero-order valence-electron chi connectivity index (χ0n) is 15.4. The van der Waals surface area contributed by atoms with E-state index in [1.807, 2.05) is 18.7 Å². The number of amides is 1. The monoisotopic (exact) mass is 372 g/mol. The predicted octanol–water partition coefficient (Wildman–Crippen LogP) is 2.54. The average molecular weight is 372 g/mol. The minimum absolute atomic E-state index is 0.0245. The van der Waals surface area contributed by atoms with Crippen LogP contribution < -0.4 is 0 Å². The molecule has 0 bridgehead atoms. The first-order valence-corrected chi connectivity index (χ1v) is 9.58. The van der Waals surface area contributed by atoms with E-state index < -0.39 is 0 Å². The molecule has 0 saturated carbocycles. The Morgan fingerprint density at radius 3 is 3.00 bits per heavy atom. The van der Waals surface area contributed by atoms with E-state index in [0.717, 1.165) is 30.0 Å². The van der Waals surface area contributed by atoms with Crippen molar-refractivity contribution in [1.82, 2.24) is 14.8 Å². The number of morpholine rings is 1. The highest BCUT2D eigenvalue weighted by molar-refractivity contribution is 7.12. The number of H-pyrrole nitrogens is 1. The van der Waals surface area contributed by atoms with Crippen molar-refractivity contribution >= 4 is 17.2 Å². The first-order valence-electron chi connectivity index (χ1n) is 8.70. The Morgan fingerprint density at radius 1 is 1.54 bits per heavy atom. The van der Waals surface area contributed by atoms with E-state index in [1.54, 1.807) is 11.4 Å². The number of hydrogen-bond acceptors (Lipinski definition) is 5. The van der Waals surface area contributed by atoms with Crippen molar-refractivity contribution in [3.8, 4) is 6.07 Å². The quantitative estimate of drug-likeness (QED) is 0.875. The lowest BCUT2D eigenvalue weighted by molar-refractivity contribution is -0.0335. The molecule has 0 spiro atoms. The zero-order chi connectivity index (χ0) is 18.7. The summed E-state index contributed by atoms with van der Waals surface area (Å²) in [5.41, 5.74) is 3.67. The number of thiophene rings is 1. The number of aryl methyl sites for hydroxylation is 2. The molecular formula is C19H24N4O2S. The summed E-state index contributed by atoms with van der Waals surface area (Å²) in [5.74, 6) is -0.105. The van der Waals surface area contributed by atoms with Crippen LogP contribution in [-0.2, 0) is 11.3 Å². The highest BCUT2D eigenvalue weighted by Gasteiger charge is 2.27. The Hall–Kier alpha value is -2.14. The number of carbonyl (C=O) groups is 1. The van der Waals surface area contributed by atoms with Crippen molar-refractivity contribution in [2.45, 2.75) is 26.5 Å². The summed E-state index contributed by atoms with van der Waals surface area (Å²) in [6.07, 6.45) is -0.0245. The minimum atomic E-state index is -0.105. The number of rotatable bonds is 5. The van der Waals surface area contributed by atoms with E-state index in [1.165, 1.54) is 11.3 Å². The number of aromatic nitrogens is 1. The number of ether oxygens (including phenoxy) is 1. The van der Waals surface area contributed by atoms with Crippen LogP contribution in [0.4, 0.5) is 0 Å². The molecule has 0 aromatic carbocycles. The van der Waals surface area contributed by atoms with Crippen molar-refractivity contribution in [3.05, 3.63) is 44.9 Å². The van der Waals surface area contributed by atoms with Crippen LogP contribution in [0.3, 0.4) is 0 Å². The molecule has 1 atom stereocenters. The van der Waals surface area contributed by atoms with E-state index in [-0.39, 0.29) is 12.0 Å². The van der Waals surface area contributed by atoms with Crippen LogP contribution in [0.2, 0.25) is 0 Å². The van der Waals surface area contributed by atoms with Gasteiger partial charge in [0.1, 0.15) is 10.9 Å². The van der Waals surface area contributed by atoms with Gasteiger partial charge < -0.3 is 19.5 Å². The fourth-order valence-electron chi connectivity index (χ4n) is 3.30. The Kier molecular flexibility index (Phi) is 5.77. The first kappa shape index (κ1) is 18.6. The second-order valence-electron chi connectivity index (χ2n) is 6.82. The number of nitriles is 1. The average Bonchev–Trinajstić information content (AvgIpc) is 3.19. The van der Waals surface area contributed by atoms with E-state index >= 15 is 0 Å². The SMILES string of the molecule is Cc1cc(CN(C[C@@H]2CN(C)CCO2)C(=O)c2sccc2C#N)c(C)[nH]1. The predicted molar refractivity (Wildman–Crippen MR) is 101 cm³/mol. The van der Waals surface area contributed by atoms with Crippen LogP contribution in [0.15, 0.2) is 17.5 Å². The van der Waals surface area contributed by atoms with Gasteiger partial charge in [0.2, 0.25) is 0 Å². The van der Waals surface area contributed by atoms with Crippen molar-refractivity contribution in [2.24, 2.45) is 0 Å². The van der Waals surface area contributed by atoms with Crippen LogP contribution in [-0.4, -0.2) is 60.1 Å². The van der Waals surface area contributed by atoms with Crippen LogP contribution in [0.25, 0.3) is 0 Å². The van der Waals surface area contributed by atoms with Gasteiger partial charge in [0.05, 0.1) is 18.3 Å². The van der Waals surface area contributed by atoms with Crippen molar-refractivity contribution in [3.63, 3.8) is 0 Å². The van der Waals surface area contributed by atoms with Gasteiger partial charge in [0, 0.05) is 37.6 Å². The molecule has 138 valence electrons. The second-order valence-corrected chi connectivity index (χ2v) is 7.73. The topological polar surface area (TPSA) is 72.4 Å². The molecule has 2 aromatic heterocycles. The molecule has 1 aliphatic heterocycles. The van der Waals surface area contributed by atoms with Gasteiger partial charge in [-0.2, -0.15) is 5.26 Å². The van der Waals surface area contributed by atoms with E-state index in [9.17, 15) is 10.1 Å². The van der Waals surface area contributed by atoms with E-state index in [2.05, 4.69) is 29.1 Å². The fourth-order valence-corrected chi connectivity index (χ4v) is 4.11. The summed E-state index contributed by atoms with van der Waals surface area (Å²) in [5, 5.41) is 11.1. The Labute approximate surface area is 158 Å². The molecule has 7 heteroatoms. The van der Waals surface area contributed by atoms with Crippen molar-refractivity contribution in [2.75, 3.05) is 33.3 Å². The van der Waals surface area contributed by atoms with Gasteiger partial charge in [-0.15, -0.1) is 11.3 Å². The maximum atomic E-state index is 13.2. The largest absolute Gasteiger partial charge is 0.374 e. The molecule has 1 amide bonds. The molecule has 1 saturated heterocycles. The van der Waals surface area contributed by atoms with Gasteiger partial charge in [-0.25, -0.2) is 0 Å². The maximum Gasteiger partial charge on any atom is 0.265 e. The summed E-state index contributed by atoms with van der Waals surface area (Å²) >= 11 is 1.32. The number of likely N-dealkylation sites (N-methyl/N-ethyl adjacent to an activating group) is 1. The summed E-state index contributed by atoms with van der Waals surface area (Å²) in [4.78, 5) is 21.0. The number of aromatic amines is 1. The van der Waals surface area contributed by atoms with Crippen LogP contribution in [0, 0.1) is 25.2 Å². The van der Waals surface area contributed by atoms with Crippen LogP contribution >= 0.6 is 11.3 Å². The van der Waals surface area contributed by atoms with Gasteiger partial charge in [-0.3, -0.25) is 4.79 Å². The maximum absolute atomic E-state index is 13.2. The molecule has 0 radical (unpaired) electrons. The molecule has 0 unspecified atom stereocenters. The Balaban J connectivity index is 1.84. The summed E-state index contributed by atoms with van der Waals surface area (Å²) in [7, 11) is 2.06. The third kappa shape index (κ3) is 4.15. The number of hydrogen-bond donors (Lipinski definition) is 1. The summed E-state index contributed by atoms with van der Waals surface area (Å²) in [6.45, 7) is 7.41. The van der Waals surface area contributed by atoms with Crippen LogP contribution in [0.1, 0.15) is 32.2 Å². The molecule has 3 rings (SSSR count). The first-order chi connectivity index (χ1) is 12.5. The van der Waals surface area contributed by atoms with Gasteiger partial charge in [-0.1, -0.05) is 0 Å². The van der Waals surface area contributed by atoms with E-state index in [4.69, 9.17) is 4.74 Å². The summed E-state index contributed by atoms with van der Waals surface area (Å²) in [6, 6.07) is 5.89. The Morgan fingerprint density at radius 2 is 2.35 bits per heavy atom. The minimum Gasteiger partial charge on any atom is -0.374 e. The molecule has 6 nitrogen and oxygen atoms in total. The van der Waals surface area contributed by atoms with Gasteiger partial charge >= 0.3 is 0 Å². The molecule has 1 fully saturated rings. The van der Waals surface area contributed by atoms with Gasteiger partial charge in [0.25, 0.3) is 5.91 Å². The smallest absolute Gasteiger partial charge is 0.265 e.